The van der Waals surface area contributed by atoms with Crippen molar-refractivity contribution in [1.82, 2.24) is 3.97 Å². The van der Waals surface area contributed by atoms with Crippen LogP contribution in [0.25, 0.3) is 10.9 Å². The van der Waals surface area contributed by atoms with Crippen LogP contribution in [-0.2, 0) is 24.8 Å². The number of hydrogen-bond acceptors (Lipinski definition) is 7. The molecule has 0 aliphatic carbocycles. The van der Waals surface area contributed by atoms with Crippen LogP contribution in [0, 0.1) is 0 Å². The number of carbonyl (C=O) groups excluding carboxylic acids is 2. The molecule has 1 heterocycles. The standard InChI is InChI=1S/C24H20ClN3O7S2/c1-2-35-24(30)21-22(36(31,32)27-19-11-7-6-10-17(19)23(26)29)18-14-15(25)12-13-20(18)28(21)37(33,34)16-8-4-3-5-9-16/h3-14,27H,2H2,1H3,(H2,26,29). The van der Waals surface area contributed by atoms with Crippen LogP contribution < -0.4 is 10.5 Å². The minimum atomic E-state index is -4.73. The molecule has 1 aromatic heterocycles. The summed E-state index contributed by atoms with van der Waals surface area (Å²) in [6, 6.07) is 16.6. The van der Waals surface area contributed by atoms with Crippen LogP contribution in [0.5, 0.6) is 0 Å². The fraction of sp³-hybridized carbons (Fsp3) is 0.0833. The molecule has 0 spiro atoms. The van der Waals surface area contributed by atoms with Gasteiger partial charge in [0, 0.05) is 10.4 Å². The maximum absolute atomic E-state index is 13.8. The summed E-state index contributed by atoms with van der Waals surface area (Å²) >= 11 is 6.15. The first kappa shape index (κ1) is 26.2. The first-order valence-electron chi connectivity index (χ1n) is 10.7. The lowest BCUT2D eigenvalue weighted by Gasteiger charge is -2.14. The Labute approximate surface area is 217 Å². The number of hydrogen-bond donors (Lipinski definition) is 2. The highest BCUT2D eigenvalue weighted by atomic mass is 35.5. The summed E-state index contributed by atoms with van der Waals surface area (Å²) in [5.41, 5.74) is 4.19. The predicted octanol–water partition coefficient (Wildman–Crippen LogP) is 3.61. The molecule has 37 heavy (non-hydrogen) atoms. The molecule has 4 aromatic rings. The van der Waals surface area contributed by atoms with Gasteiger partial charge < -0.3 is 10.5 Å². The number of amides is 1. The van der Waals surface area contributed by atoms with E-state index >= 15 is 0 Å². The van der Waals surface area contributed by atoms with Gasteiger partial charge in [0.1, 0.15) is 4.90 Å². The smallest absolute Gasteiger partial charge is 0.357 e. The highest BCUT2D eigenvalue weighted by molar-refractivity contribution is 7.93. The van der Waals surface area contributed by atoms with Crippen molar-refractivity contribution in [3.8, 4) is 0 Å². The molecule has 1 amide bonds. The summed E-state index contributed by atoms with van der Waals surface area (Å²) in [7, 11) is -9.23. The molecule has 0 radical (unpaired) electrons. The van der Waals surface area contributed by atoms with E-state index in [1.54, 1.807) is 6.07 Å². The zero-order chi connectivity index (χ0) is 27.0. The quantitative estimate of drug-likeness (QED) is 0.311. The third-order valence-corrected chi connectivity index (χ3v) is 8.70. The number of nitrogens with two attached hydrogens (primary N) is 1. The molecule has 3 aromatic carbocycles. The number of anilines is 1. The van der Waals surface area contributed by atoms with Crippen molar-refractivity contribution in [2.75, 3.05) is 11.3 Å². The third-order valence-electron chi connectivity index (χ3n) is 5.30. The van der Waals surface area contributed by atoms with Gasteiger partial charge in [0.2, 0.25) is 0 Å². The number of benzene rings is 3. The third kappa shape index (κ3) is 4.78. The van der Waals surface area contributed by atoms with E-state index in [1.165, 1.54) is 73.7 Å². The van der Waals surface area contributed by atoms with Crippen LogP contribution in [0.2, 0.25) is 5.02 Å². The van der Waals surface area contributed by atoms with E-state index in [-0.39, 0.29) is 38.7 Å². The number of sulfonamides is 1. The van der Waals surface area contributed by atoms with E-state index in [9.17, 15) is 26.4 Å². The first-order chi connectivity index (χ1) is 17.5. The normalized spacial score (nSPS) is 11.8. The van der Waals surface area contributed by atoms with Crippen molar-refractivity contribution in [3.05, 3.63) is 89.1 Å². The van der Waals surface area contributed by atoms with Crippen molar-refractivity contribution in [3.63, 3.8) is 0 Å². The minimum absolute atomic E-state index is 0.0890. The van der Waals surface area contributed by atoms with Gasteiger partial charge >= 0.3 is 5.97 Å². The average molecular weight is 562 g/mol. The van der Waals surface area contributed by atoms with E-state index in [2.05, 4.69) is 4.72 Å². The number of fused-ring (bicyclic) bond motifs is 1. The number of aromatic nitrogens is 1. The topological polar surface area (TPSA) is 155 Å². The monoisotopic (exact) mass is 561 g/mol. The molecule has 0 atom stereocenters. The maximum Gasteiger partial charge on any atom is 0.357 e. The molecule has 10 nitrogen and oxygen atoms in total. The van der Waals surface area contributed by atoms with E-state index in [1.807, 2.05) is 0 Å². The summed E-state index contributed by atoms with van der Waals surface area (Å²) in [5.74, 6) is -2.10. The largest absolute Gasteiger partial charge is 0.461 e. The summed E-state index contributed by atoms with van der Waals surface area (Å²) < 4.78 is 63.0. The molecule has 0 saturated heterocycles. The van der Waals surface area contributed by atoms with Crippen molar-refractivity contribution in [1.29, 1.82) is 0 Å². The lowest BCUT2D eigenvalue weighted by atomic mass is 10.2. The fourth-order valence-electron chi connectivity index (χ4n) is 3.78. The van der Waals surface area contributed by atoms with Crippen molar-refractivity contribution in [2.24, 2.45) is 5.73 Å². The van der Waals surface area contributed by atoms with Crippen molar-refractivity contribution >= 4 is 60.1 Å². The van der Waals surface area contributed by atoms with Crippen LogP contribution >= 0.6 is 11.6 Å². The Morgan fingerprint density at radius 1 is 0.973 bits per heavy atom. The maximum atomic E-state index is 13.8. The Balaban J connectivity index is 2.10. The molecule has 0 aliphatic rings. The lowest BCUT2D eigenvalue weighted by Crippen LogP contribution is -2.24. The Bertz CT molecular complexity index is 1750. The lowest BCUT2D eigenvalue weighted by molar-refractivity contribution is 0.0514. The second-order valence-corrected chi connectivity index (χ2v) is 11.5. The zero-order valence-corrected chi connectivity index (χ0v) is 21.6. The van der Waals surface area contributed by atoms with E-state index < -0.39 is 42.5 Å². The first-order valence-corrected chi connectivity index (χ1v) is 14.0. The molecule has 13 heteroatoms. The average Bonchev–Trinajstić information content (AvgIpc) is 3.21. The van der Waals surface area contributed by atoms with Gasteiger partial charge in [-0.2, -0.15) is 0 Å². The van der Waals surface area contributed by atoms with Gasteiger partial charge in [0.15, 0.2) is 5.69 Å². The second-order valence-electron chi connectivity index (χ2n) is 7.66. The summed E-state index contributed by atoms with van der Waals surface area (Å²) in [6.45, 7) is 1.33. The van der Waals surface area contributed by atoms with Crippen LogP contribution in [0.1, 0.15) is 27.8 Å². The van der Waals surface area contributed by atoms with Gasteiger partial charge in [-0.25, -0.2) is 25.6 Å². The number of carbonyl (C=O) groups is 2. The van der Waals surface area contributed by atoms with Crippen LogP contribution in [0.4, 0.5) is 5.69 Å². The number of esters is 1. The Morgan fingerprint density at radius 3 is 2.27 bits per heavy atom. The van der Waals surface area contributed by atoms with Crippen LogP contribution in [0.3, 0.4) is 0 Å². The van der Waals surface area contributed by atoms with Gasteiger partial charge in [-0.15, -0.1) is 0 Å². The van der Waals surface area contributed by atoms with Crippen molar-refractivity contribution < 1.29 is 31.2 Å². The number of nitrogens with zero attached hydrogens (tertiary/aromatic N) is 1. The van der Waals surface area contributed by atoms with E-state index in [0.717, 1.165) is 0 Å². The molecule has 0 unspecified atom stereocenters. The Hall–Kier alpha value is -3.87. The molecule has 0 saturated carbocycles. The van der Waals surface area contributed by atoms with Crippen LogP contribution in [-0.4, -0.2) is 39.3 Å². The fourth-order valence-corrected chi connectivity index (χ4v) is 7.00. The number of ether oxygens (including phenoxy) is 1. The van der Waals surface area contributed by atoms with Gasteiger partial charge in [0.05, 0.1) is 28.3 Å². The summed E-state index contributed by atoms with van der Waals surface area (Å²) in [5, 5.41) is -0.0646. The number of halogens is 1. The van der Waals surface area contributed by atoms with Crippen LogP contribution in [0.15, 0.2) is 82.6 Å². The number of nitrogens with one attached hydrogen (secondary N) is 1. The van der Waals surface area contributed by atoms with Crippen molar-refractivity contribution in [2.45, 2.75) is 16.7 Å². The molecule has 0 aliphatic heterocycles. The Morgan fingerprint density at radius 2 is 1.62 bits per heavy atom. The number of rotatable bonds is 8. The van der Waals surface area contributed by atoms with Gasteiger partial charge in [0.25, 0.3) is 26.0 Å². The molecule has 0 bridgehead atoms. The summed E-state index contributed by atoms with van der Waals surface area (Å²) in [4.78, 5) is 24.2. The van der Waals surface area contributed by atoms with E-state index in [0.29, 0.717) is 3.97 Å². The number of para-hydroxylation sites is 1. The predicted molar refractivity (Wildman–Crippen MR) is 138 cm³/mol. The molecular formula is C24H20ClN3O7S2. The van der Waals surface area contributed by atoms with Gasteiger partial charge in [-0.1, -0.05) is 41.9 Å². The van der Waals surface area contributed by atoms with Gasteiger partial charge in [-0.05, 0) is 49.4 Å². The minimum Gasteiger partial charge on any atom is -0.461 e. The second kappa shape index (κ2) is 9.88. The summed E-state index contributed by atoms with van der Waals surface area (Å²) in [6.07, 6.45) is 0. The highest BCUT2D eigenvalue weighted by Crippen LogP contribution is 2.36. The Kier molecular flexibility index (Phi) is 7.00. The molecule has 4 rings (SSSR count). The molecule has 3 N–H and O–H groups in total. The molecule has 0 fully saturated rings. The number of primary amides is 1. The zero-order valence-electron chi connectivity index (χ0n) is 19.2. The van der Waals surface area contributed by atoms with E-state index in [4.69, 9.17) is 22.1 Å². The highest BCUT2D eigenvalue weighted by Gasteiger charge is 2.37. The molecular weight excluding hydrogens is 542 g/mol. The van der Waals surface area contributed by atoms with Gasteiger partial charge in [-0.3, -0.25) is 9.52 Å². The molecule has 192 valence electrons. The SMILES string of the molecule is CCOC(=O)c1c(S(=O)(=O)Nc2ccccc2C(N)=O)c2cc(Cl)ccc2n1S(=O)(=O)c1ccccc1.